The molecule has 6 aromatic rings. The number of rotatable bonds is 5. The number of carbonyl (C=O) groups is 1. The third kappa shape index (κ3) is 4.15. The average molecular weight is 481 g/mol. The molecule has 6 rings (SSSR count). The fraction of sp³-hybridized carbons (Fsp3) is 0. The van der Waals surface area contributed by atoms with Crippen LogP contribution in [0.4, 0.5) is 5.88 Å². The van der Waals surface area contributed by atoms with Gasteiger partial charge in [-0.1, -0.05) is 91.0 Å². The van der Waals surface area contributed by atoms with E-state index in [0.29, 0.717) is 22.5 Å². The molecule has 0 aliphatic carbocycles. The summed E-state index contributed by atoms with van der Waals surface area (Å²) in [5.41, 5.74) is 5.40. The number of anilines is 1. The first-order valence-electron chi connectivity index (χ1n) is 11.7. The van der Waals surface area contributed by atoms with E-state index in [1.807, 2.05) is 102 Å². The minimum absolute atomic E-state index is 0.110. The van der Waals surface area contributed by atoms with Crippen LogP contribution in [0.25, 0.3) is 39.4 Å². The molecule has 0 saturated carbocycles. The van der Waals surface area contributed by atoms with Crippen LogP contribution in [0.5, 0.6) is 0 Å². The van der Waals surface area contributed by atoms with Gasteiger partial charge in [0.1, 0.15) is 23.0 Å². The smallest absolute Gasteiger partial charge is 0.258 e. The molecule has 0 atom stereocenters. The highest BCUT2D eigenvalue weighted by molar-refractivity contribution is 6.06. The Morgan fingerprint density at radius 1 is 0.838 bits per heavy atom. The van der Waals surface area contributed by atoms with E-state index in [-0.39, 0.29) is 11.4 Å². The maximum absolute atomic E-state index is 13.3. The molecule has 0 saturated heterocycles. The number of nitrogens with one attached hydrogen (secondary N) is 1. The average Bonchev–Trinajstić information content (AvgIpc) is 3.55. The van der Waals surface area contributed by atoms with Crippen molar-refractivity contribution in [3.05, 3.63) is 127 Å². The molecule has 176 valence electrons. The molecule has 1 N–H and O–H groups in total. The van der Waals surface area contributed by atoms with E-state index >= 15 is 0 Å². The maximum Gasteiger partial charge on any atom is 0.258 e. The van der Waals surface area contributed by atoms with Crippen molar-refractivity contribution in [3.63, 3.8) is 0 Å². The summed E-state index contributed by atoms with van der Waals surface area (Å²) >= 11 is 0. The van der Waals surface area contributed by atoms with Gasteiger partial charge in [0.15, 0.2) is 0 Å². The van der Waals surface area contributed by atoms with Gasteiger partial charge in [0.25, 0.3) is 5.91 Å². The Morgan fingerprint density at radius 3 is 2.11 bits per heavy atom. The number of hydrogen-bond acceptors (Lipinski definition) is 4. The lowest BCUT2D eigenvalue weighted by atomic mass is 9.98. The number of carbonyl (C=O) groups excluding carboxylic acids is 1. The summed E-state index contributed by atoms with van der Waals surface area (Å²) in [6.07, 6.45) is 3.72. The molecule has 0 radical (unpaired) electrons. The van der Waals surface area contributed by atoms with Gasteiger partial charge in [-0.05, 0) is 17.7 Å². The van der Waals surface area contributed by atoms with Crippen molar-refractivity contribution in [2.45, 2.75) is 0 Å². The number of nitrogens with zero attached hydrogens (tertiary/aromatic N) is 3. The molecule has 3 aromatic heterocycles. The lowest BCUT2D eigenvalue weighted by Crippen LogP contribution is -2.12. The van der Waals surface area contributed by atoms with Crippen LogP contribution in [-0.2, 0) is 0 Å². The Labute approximate surface area is 213 Å². The van der Waals surface area contributed by atoms with Crippen molar-refractivity contribution < 1.29 is 9.21 Å². The summed E-state index contributed by atoms with van der Waals surface area (Å²) < 4.78 is 8.01. The molecule has 3 aromatic carbocycles. The topological polar surface area (TPSA) is 83.3 Å². The van der Waals surface area contributed by atoms with E-state index in [4.69, 9.17) is 4.42 Å². The van der Waals surface area contributed by atoms with Crippen LogP contribution in [-0.4, -0.2) is 15.3 Å². The number of furan rings is 1. The number of benzene rings is 3. The Kier molecular flexibility index (Phi) is 5.57. The first kappa shape index (κ1) is 22.1. The highest BCUT2D eigenvalue weighted by Gasteiger charge is 2.24. The molecule has 6 nitrogen and oxygen atoms in total. The summed E-state index contributed by atoms with van der Waals surface area (Å²) in [7, 11) is 0. The van der Waals surface area contributed by atoms with Gasteiger partial charge >= 0.3 is 0 Å². The molecule has 0 aliphatic heterocycles. The van der Waals surface area contributed by atoms with Crippen molar-refractivity contribution in [1.29, 1.82) is 5.26 Å². The van der Waals surface area contributed by atoms with Crippen LogP contribution in [0.3, 0.4) is 0 Å². The molecule has 1 amide bonds. The van der Waals surface area contributed by atoms with Gasteiger partial charge in [0.2, 0.25) is 5.88 Å². The van der Waals surface area contributed by atoms with E-state index < -0.39 is 5.91 Å². The minimum atomic E-state index is -0.392. The number of aromatic nitrogens is 2. The predicted octanol–water partition coefficient (Wildman–Crippen LogP) is 7.05. The summed E-state index contributed by atoms with van der Waals surface area (Å²) in [5.74, 6) is 0.240. The minimum Gasteiger partial charge on any atom is -0.438 e. The van der Waals surface area contributed by atoms with Crippen LogP contribution in [0.15, 0.2) is 120 Å². The van der Waals surface area contributed by atoms with E-state index in [1.54, 1.807) is 18.3 Å². The van der Waals surface area contributed by atoms with Gasteiger partial charge in [0, 0.05) is 34.6 Å². The maximum atomic E-state index is 13.3. The number of amides is 1. The summed E-state index contributed by atoms with van der Waals surface area (Å²) in [5, 5.41) is 12.9. The first-order valence-corrected chi connectivity index (χ1v) is 11.7. The molecule has 0 spiro atoms. The Hall–Kier alpha value is -5.41. The van der Waals surface area contributed by atoms with Crippen LogP contribution in [0, 0.1) is 11.3 Å². The first-order chi connectivity index (χ1) is 18.2. The second-order valence-corrected chi connectivity index (χ2v) is 8.48. The molecule has 3 heterocycles. The summed E-state index contributed by atoms with van der Waals surface area (Å²) in [6, 6.07) is 34.6. The number of imidazole rings is 1. The van der Waals surface area contributed by atoms with E-state index in [0.717, 1.165) is 22.4 Å². The largest absolute Gasteiger partial charge is 0.438 e. The second-order valence-electron chi connectivity index (χ2n) is 8.48. The zero-order valence-corrected chi connectivity index (χ0v) is 19.6. The quantitative estimate of drug-likeness (QED) is 0.286. The fourth-order valence-electron chi connectivity index (χ4n) is 4.35. The zero-order valence-electron chi connectivity index (χ0n) is 19.6. The molecule has 0 bridgehead atoms. The van der Waals surface area contributed by atoms with E-state index in [2.05, 4.69) is 16.4 Å². The highest BCUT2D eigenvalue weighted by atomic mass is 16.4. The molecular formula is C31H20N4O2. The predicted molar refractivity (Wildman–Crippen MR) is 143 cm³/mol. The van der Waals surface area contributed by atoms with Crippen molar-refractivity contribution in [1.82, 2.24) is 9.38 Å². The van der Waals surface area contributed by atoms with Gasteiger partial charge in [-0.15, -0.1) is 0 Å². The lowest BCUT2D eigenvalue weighted by Gasteiger charge is -2.03. The number of pyridine rings is 1. The van der Waals surface area contributed by atoms with Gasteiger partial charge < -0.3 is 8.82 Å². The second kappa shape index (κ2) is 9.33. The monoisotopic (exact) mass is 480 g/mol. The number of hydrogen-bond donors (Lipinski definition) is 1. The van der Waals surface area contributed by atoms with E-state index in [9.17, 15) is 10.1 Å². The standard InChI is InChI=1S/C31H20N4O2/c32-19-25-28(22-12-6-2-7-13-22)29(23-14-8-3-9-15-23)37-31(25)34-30(36)24-16-17-35-20-26(33-27(35)18-24)21-10-4-1-5-11-21/h1-18,20H,(H,34,36). The molecule has 37 heavy (non-hydrogen) atoms. The van der Waals surface area contributed by atoms with Crippen molar-refractivity contribution in [2.24, 2.45) is 0 Å². The van der Waals surface area contributed by atoms with Crippen molar-refractivity contribution >= 4 is 17.4 Å². The third-order valence-electron chi connectivity index (χ3n) is 6.14. The Morgan fingerprint density at radius 2 is 1.46 bits per heavy atom. The van der Waals surface area contributed by atoms with Crippen molar-refractivity contribution in [3.8, 4) is 39.8 Å². The zero-order chi connectivity index (χ0) is 25.2. The number of fused-ring (bicyclic) bond motifs is 1. The lowest BCUT2D eigenvalue weighted by molar-refractivity contribution is 0.102. The molecule has 0 fully saturated rings. The van der Waals surface area contributed by atoms with Gasteiger partial charge in [0.05, 0.1) is 5.69 Å². The van der Waals surface area contributed by atoms with Crippen LogP contribution >= 0.6 is 0 Å². The Balaban J connectivity index is 1.38. The third-order valence-corrected chi connectivity index (χ3v) is 6.14. The summed E-state index contributed by atoms with van der Waals surface area (Å²) in [4.78, 5) is 18.0. The normalized spacial score (nSPS) is 10.8. The number of nitriles is 1. The molecule has 0 unspecified atom stereocenters. The Bertz CT molecular complexity index is 1760. The molecule has 0 aliphatic rings. The highest BCUT2D eigenvalue weighted by Crippen LogP contribution is 2.41. The summed E-state index contributed by atoms with van der Waals surface area (Å²) in [6.45, 7) is 0. The van der Waals surface area contributed by atoms with E-state index in [1.165, 1.54) is 0 Å². The van der Waals surface area contributed by atoms with Crippen LogP contribution in [0.1, 0.15) is 15.9 Å². The molecule has 6 heteroatoms. The van der Waals surface area contributed by atoms with Crippen LogP contribution < -0.4 is 5.32 Å². The van der Waals surface area contributed by atoms with Crippen molar-refractivity contribution in [2.75, 3.05) is 5.32 Å². The fourth-order valence-corrected chi connectivity index (χ4v) is 4.35. The molecular weight excluding hydrogens is 460 g/mol. The van der Waals surface area contributed by atoms with Gasteiger partial charge in [-0.3, -0.25) is 10.1 Å². The SMILES string of the molecule is N#Cc1c(NC(=O)c2ccn3cc(-c4ccccc4)nc3c2)oc(-c2ccccc2)c1-c1ccccc1. The van der Waals surface area contributed by atoms with Gasteiger partial charge in [-0.2, -0.15) is 5.26 Å². The van der Waals surface area contributed by atoms with Crippen LogP contribution in [0.2, 0.25) is 0 Å². The van der Waals surface area contributed by atoms with Gasteiger partial charge in [-0.25, -0.2) is 4.98 Å².